The van der Waals surface area contributed by atoms with Crippen molar-refractivity contribution in [1.82, 2.24) is 0 Å². The fourth-order valence-corrected chi connectivity index (χ4v) is 1.77. The summed E-state index contributed by atoms with van der Waals surface area (Å²) in [6, 6.07) is 10.5. The molecule has 2 aromatic rings. The minimum atomic E-state index is -0.544. The number of aromatic hydroxyl groups is 3. The first-order chi connectivity index (χ1) is 8.61. The van der Waals surface area contributed by atoms with Crippen LogP contribution in [0, 0.1) is 0 Å². The van der Waals surface area contributed by atoms with E-state index >= 15 is 0 Å². The number of hydrogen-bond donors (Lipinski definition) is 3. The van der Waals surface area contributed by atoms with E-state index in [9.17, 15) is 20.1 Å². The van der Waals surface area contributed by atoms with Crippen LogP contribution in [-0.2, 0) is 4.79 Å². The number of aldehydes is 1. The van der Waals surface area contributed by atoms with Crippen LogP contribution in [0.4, 0.5) is 0 Å². The predicted molar refractivity (Wildman–Crippen MR) is 65.8 cm³/mol. The van der Waals surface area contributed by atoms with Crippen LogP contribution in [0.25, 0.3) is 0 Å². The van der Waals surface area contributed by atoms with Crippen molar-refractivity contribution >= 4 is 6.29 Å². The van der Waals surface area contributed by atoms with Crippen molar-refractivity contribution in [3.63, 3.8) is 0 Å². The first-order valence-electron chi connectivity index (χ1n) is 5.38. The molecule has 0 bridgehead atoms. The van der Waals surface area contributed by atoms with Gasteiger partial charge in [0.05, 0.1) is 5.92 Å². The van der Waals surface area contributed by atoms with Gasteiger partial charge in [-0.15, -0.1) is 0 Å². The highest BCUT2D eigenvalue weighted by atomic mass is 16.3. The number of benzene rings is 2. The quantitative estimate of drug-likeness (QED) is 0.571. The third-order valence-corrected chi connectivity index (χ3v) is 2.75. The van der Waals surface area contributed by atoms with Crippen molar-refractivity contribution in [1.29, 1.82) is 0 Å². The number of phenols is 3. The second-order valence-corrected chi connectivity index (χ2v) is 3.95. The maximum atomic E-state index is 11.2. The van der Waals surface area contributed by atoms with E-state index in [2.05, 4.69) is 0 Å². The van der Waals surface area contributed by atoms with E-state index in [1.54, 1.807) is 18.2 Å². The molecule has 4 heteroatoms. The molecule has 0 heterocycles. The van der Waals surface area contributed by atoms with Gasteiger partial charge in [-0.05, 0) is 35.4 Å². The Balaban J connectivity index is 2.41. The van der Waals surface area contributed by atoms with Crippen molar-refractivity contribution in [3.8, 4) is 17.2 Å². The Hall–Kier alpha value is -2.49. The monoisotopic (exact) mass is 244 g/mol. The Morgan fingerprint density at radius 1 is 0.833 bits per heavy atom. The van der Waals surface area contributed by atoms with Gasteiger partial charge in [-0.25, -0.2) is 0 Å². The molecular formula is C14H12O4. The molecule has 0 spiro atoms. The zero-order chi connectivity index (χ0) is 13.1. The summed E-state index contributed by atoms with van der Waals surface area (Å²) in [6.45, 7) is 0. The summed E-state index contributed by atoms with van der Waals surface area (Å²) in [5.41, 5.74) is 1.28. The summed E-state index contributed by atoms with van der Waals surface area (Å²) in [7, 11) is 0. The van der Waals surface area contributed by atoms with E-state index in [4.69, 9.17) is 0 Å². The second-order valence-electron chi connectivity index (χ2n) is 3.95. The van der Waals surface area contributed by atoms with Crippen molar-refractivity contribution < 1.29 is 20.1 Å². The summed E-state index contributed by atoms with van der Waals surface area (Å²) >= 11 is 0. The lowest BCUT2D eigenvalue weighted by molar-refractivity contribution is -0.108. The van der Waals surface area contributed by atoms with Gasteiger partial charge >= 0.3 is 0 Å². The molecule has 92 valence electrons. The van der Waals surface area contributed by atoms with E-state index < -0.39 is 5.92 Å². The Kier molecular flexibility index (Phi) is 3.19. The lowest BCUT2D eigenvalue weighted by atomic mass is 9.92. The zero-order valence-electron chi connectivity index (χ0n) is 9.45. The van der Waals surface area contributed by atoms with Gasteiger partial charge in [0, 0.05) is 0 Å². The SMILES string of the molecule is O=CC(c1ccc(O)cc1)c1ccc(O)c(O)c1. The zero-order valence-corrected chi connectivity index (χ0v) is 9.45. The van der Waals surface area contributed by atoms with Crippen molar-refractivity contribution in [2.45, 2.75) is 5.92 Å². The number of carbonyl (C=O) groups is 1. The van der Waals surface area contributed by atoms with E-state index in [-0.39, 0.29) is 17.2 Å². The Labute approximate surface area is 104 Å². The Morgan fingerprint density at radius 3 is 2.00 bits per heavy atom. The predicted octanol–water partition coefficient (Wildman–Crippen LogP) is 2.13. The highest BCUT2D eigenvalue weighted by Crippen LogP contribution is 2.31. The normalized spacial score (nSPS) is 12.0. The summed E-state index contributed by atoms with van der Waals surface area (Å²) in [6.07, 6.45) is 0.748. The van der Waals surface area contributed by atoms with Crippen LogP contribution >= 0.6 is 0 Å². The molecule has 0 radical (unpaired) electrons. The molecule has 0 saturated heterocycles. The summed E-state index contributed by atoms with van der Waals surface area (Å²) < 4.78 is 0. The van der Waals surface area contributed by atoms with Crippen LogP contribution in [0.5, 0.6) is 17.2 Å². The van der Waals surface area contributed by atoms with E-state index in [1.165, 1.54) is 24.3 Å². The van der Waals surface area contributed by atoms with Crippen LogP contribution in [-0.4, -0.2) is 21.6 Å². The molecule has 0 aliphatic rings. The molecule has 0 fully saturated rings. The third-order valence-electron chi connectivity index (χ3n) is 2.75. The van der Waals surface area contributed by atoms with Gasteiger partial charge in [-0.1, -0.05) is 18.2 Å². The smallest absolute Gasteiger partial charge is 0.157 e. The van der Waals surface area contributed by atoms with Gasteiger partial charge in [0.2, 0.25) is 0 Å². The molecule has 1 unspecified atom stereocenters. The summed E-state index contributed by atoms with van der Waals surface area (Å²) in [5.74, 6) is -0.915. The first-order valence-corrected chi connectivity index (χ1v) is 5.38. The molecule has 0 aromatic heterocycles. The summed E-state index contributed by atoms with van der Waals surface area (Å²) in [5, 5.41) is 27.9. The molecular weight excluding hydrogens is 232 g/mol. The molecule has 18 heavy (non-hydrogen) atoms. The molecule has 2 aromatic carbocycles. The van der Waals surface area contributed by atoms with Crippen molar-refractivity contribution in [2.24, 2.45) is 0 Å². The molecule has 2 rings (SSSR count). The second kappa shape index (κ2) is 4.79. The Bertz CT molecular complexity index is 561. The molecule has 3 N–H and O–H groups in total. The maximum absolute atomic E-state index is 11.2. The number of carbonyl (C=O) groups excluding carboxylic acids is 1. The number of rotatable bonds is 3. The third kappa shape index (κ3) is 2.27. The van der Waals surface area contributed by atoms with Crippen LogP contribution < -0.4 is 0 Å². The standard InChI is InChI=1S/C14H12O4/c15-8-12(9-1-4-11(16)5-2-9)10-3-6-13(17)14(18)7-10/h1-8,12,16-18H. The highest BCUT2D eigenvalue weighted by molar-refractivity contribution is 5.69. The number of hydrogen-bond acceptors (Lipinski definition) is 4. The van der Waals surface area contributed by atoms with Crippen LogP contribution in [0.15, 0.2) is 42.5 Å². The largest absolute Gasteiger partial charge is 0.508 e. The minimum absolute atomic E-state index is 0.122. The van der Waals surface area contributed by atoms with E-state index in [0.717, 1.165) is 6.29 Å². The topological polar surface area (TPSA) is 77.8 Å². The highest BCUT2D eigenvalue weighted by Gasteiger charge is 2.14. The molecule has 0 saturated carbocycles. The summed E-state index contributed by atoms with van der Waals surface area (Å²) in [4.78, 5) is 11.2. The average Bonchev–Trinajstić information content (AvgIpc) is 2.37. The van der Waals surface area contributed by atoms with E-state index in [0.29, 0.717) is 11.1 Å². The van der Waals surface area contributed by atoms with Gasteiger partial charge < -0.3 is 20.1 Å². The minimum Gasteiger partial charge on any atom is -0.508 e. The maximum Gasteiger partial charge on any atom is 0.157 e. The molecule has 1 atom stereocenters. The lowest BCUT2D eigenvalue weighted by Gasteiger charge is -2.12. The van der Waals surface area contributed by atoms with Crippen molar-refractivity contribution in [2.75, 3.05) is 0 Å². The average molecular weight is 244 g/mol. The Morgan fingerprint density at radius 2 is 1.44 bits per heavy atom. The molecule has 0 aliphatic heterocycles. The van der Waals surface area contributed by atoms with E-state index in [1.807, 2.05) is 0 Å². The van der Waals surface area contributed by atoms with Crippen LogP contribution in [0.3, 0.4) is 0 Å². The fraction of sp³-hybridized carbons (Fsp3) is 0.0714. The number of phenolic OH excluding ortho intramolecular Hbond substituents is 3. The van der Waals surface area contributed by atoms with Crippen LogP contribution in [0.2, 0.25) is 0 Å². The van der Waals surface area contributed by atoms with Crippen LogP contribution in [0.1, 0.15) is 17.0 Å². The van der Waals surface area contributed by atoms with Gasteiger partial charge in [-0.3, -0.25) is 0 Å². The van der Waals surface area contributed by atoms with Gasteiger partial charge in [0.15, 0.2) is 11.5 Å². The first kappa shape index (κ1) is 12.0. The molecule has 0 amide bonds. The van der Waals surface area contributed by atoms with Crippen molar-refractivity contribution in [3.05, 3.63) is 53.6 Å². The van der Waals surface area contributed by atoms with Gasteiger partial charge in [0.25, 0.3) is 0 Å². The molecule has 4 nitrogen and oxygen atoms in total. The van der Waals surface area contributed by atoms with Gasteiger partial charge in [0.1, 0.15) is 12.0 Å². The fourth-order valence-electron chi connectivity index (χ4n) is 1.77. The van der Waals surface area contributed by atoms with Gasteiger partial charge in [-0.2, -0.15) is 0 Å². The molecule has 0 aliphatic carbocycles. The lowest BCUT2D eigenvalue weighted by Crippen LogP contribution is -2.02.